The lowest BCUT2D eigenvalue weighted by Gasteiger charge is -2.18. The van der Waals surface area contributed by atoms with E-state index in [1.54, 1.807) is 30.3 Å². The van der Waals surface area contributed by atoms with Gasteiger partial charge in [0.05, 0.1) is 10.6 Å². The number of nitrogens with zero attached hydrogens (tertiary/aromatic N) is 3. The molecular weight excluding hydrogens is 401 g/mol. The molecule has 3 aromatic rings. The summed E-state index contributed by atoms with van der Waals surface area (Å²) in [5.74, 6) is 0.281. The predicted molar refractivity (Wildman–Crippen MR) is 119 cm³/mol. The number of nitro benzene ring substituents is 1. The van der Waals surface area contributed by atoms with Crippen LogP contribution in [0, 0.1) is 21.8 Å². The van der Waals surface area contributed by atoms with Crippen LogP contribution < -0.4 is 4.80 Å². The molecule has 5 nitrogen and oxygen atoms in total. The maximum atomic E-state index is 14.2. The molecule has 1 aromatic heterocycles. The molecule has 7 heteroatoms. The topological polar surface area (TPSA) is 60.4 Å². The zero-order chi connectivity index (χ0) is 21.7. The Bertz CT molecular complexity index is 1070. The first-order valence-electron chi connectivity index (χ1n) is 10.1. The van der Waals surface area contributed by atoms with Gasteiger partial charge in [-0.2, -0.15) is 0 Å². The van der Waals surface area contributed by atoms with Gasteiger partial charge in [0.2, 0.25) is 0 Å². The molecule has 1 heterocycles. The van der Waals surface area contributed by atoms with Crippen molar-refractivity contribution in [1.29, 1.82) is 0 Å². The van der Waals surface area contributed by atoms with Crippen LogP contribution in [0.2, 0.25) is 0 Å². The van der Waals surface area contributed by atoms with Crippen molar-refractivity contribution in [3.05, 3.63) is 74.6 Å². The maximum absolute atomic E-state index is 14.2. The van der Waals surface area contributed by atoms with E-state index in [9.17, 15) is 14.5 Å². The second kappa shape index (κ2) is 9.80. The first-order valence-corrected chi connectivity index (χ1v) is 11.0. The van der Waals surface area contributed by atoms with E-state index in [1.165, 1.54) is 29.5 Å². The molecule has 30 heavy (non-hydrogen) atoms. The predicted octanol–water partition coefficient (Wildman–Crippen LogP) is 6.88. The van der Waals surface area contributed by atoms with Crippen LogP contribution >= 0.6 is 11.3 Å². The van der Waals surface area contributed by atoms with Crippen molar-refractivity contribution in [2.75, 3.05) is 0 Å². The Morgan fingerprint density at radius 1 is 1.10 bits per heavy atom. The summed E-state index contributed by atoms with van der Waals surface area (Å²) in [5, 5.41) is 13.0. The highest BCUT2D eigenvalue weighted by Gasteiger charge is 2.16. The third-order valence-electron chi connectivity index (χ3n) is 5.03. The lowest BCUT2D eigenvalue weighted by atomic mass is 10.0. The Morgan fingerprint density at radius 3 is 2.43 bits per heavy atom. The molecule has 0 spiro atoms. The van der Waals surface area contributed by atoms with E-state index in [1.807, 2.05) is 5.38 Å². The highest BCUT2D eigenvalue weighted by Crippen LogP contribution is 2.28. The minimum atomic E-state index is -0.404. The number of rotatable bonds is 8. The van der Waals surface area contributed by atoms with Gasteiger partial charge in [0.1, 0.15) is 11.5 Å². The molecular formula is C23H26FN3O2S. The van der Waals surface area contributed by atoms with Gasteiger partial charge in [0, 0.05) is 23.6 Å². The Hall–Kier alpha value is -2.80. The molecule has 0 saturated carbocycles. The Kier molecular flexibility index (Phi) is 7.15. The van der Waals surface area contributed by atoms with Gasteiger partial charge in [-0.3, -0.25) is 10.1 Å². The van der Waals surface area contributed by atoms with Crippen molar-refractivity contribution in [1.82, 2.24) is 4.57 Å². The van der Waals surface area contributed by atoms with E-state index >= 15 is 0 Å². The summed E-state index contributed by atoms with van der Waals surface area (Å²) in [6.45, 7) is 6.57. The molecule has 0 aliphatic carbocycles. The summed E-state index contributed by atoms with van der Waals surface area (Å²) in [7, 11) is 0. The summed E-state index contributed by atoms with van der Waals surface area (Å²) in [4.78, 5) is 15.9. The molecule has 2 aromatic carbocycles. The lowest BCUT2D eigenvalue weighted by molar-refractivity contribution is -0.384. The van der Waals surface area contributed by atoms with Gasteiger partial charge >= 0.3 is 0 Å². The standard InChI is InChI=1S/C23H26FN3O2S/c1-16(2)7-6-8-17(3)26-22(18-11-13-19(14-12-18)27(28)29)15-30-23(26)25-21-10-5-4-9-20(21)24/h4-5,9-17H,6-8H2,1-3H3. The van der Waals surface area contributed by atoms with Crippen LogP contribution in [0.4, 0.5) is 15.8 Å². The van der Waals surface area contributed by atoms with Gasteiger partial charge in [-0.1, -0.05) is 38.8 Å². The fourth-order valence-corrected chi connectivity index (χ4v) is 4.40. The molecule has 0 fully saturated rings. The number of thiazole rings is 1. The quantitative estimate of drug-likeness (QED) is 0.290. The third-order valence-corrected chi connectivity index (χ3v) is 5.87. The number of aromatic nitrogens is 1. The van der Waals surface area contributed by atoms with Gasteiger partial charge in [-0.15, -0.1) is 11.3 Å². The van der Waals surface area contributed by atoms with Crippen LogP contribution in [0.15, 0.2) is 58.9 Å². The van der Waals surface area contributed by atoms with E-state index in [4.69, 9.17) is 0 Å². The zero-order valence-corrected chi connectivity index (χ0v) is 18.2. The molecule has 158 valence electrons. The average Bonchev–Trinajstić information content (AvgIpc) is 3.13. The van der Waals surface area contributed by atoms with Crippen LogP contribution in [0.3, 0.4) is 0 Å². The first kappa shape index (κ1) is 21.9. The second-order valence-electron chi connectivity index (χ2n) is 7.81. The summed E-state index contributed by atoms with van der Waals surface area (Å²) < 4.78 is 16.3. The number of halogens is 1. The molecule has 0 saturated heterocycles. The fraction of sp³-hybridized carbons (Fsp3) is 0.348. The van der Waals surface area contributed by atoms with Gasteiger partial charge in [-0.25, -0.2) is 9.38 Å². The molecule has 1 unspecified atom stereocenters. The van der Waals surface area contributed by atoms with E-state index in [0.29, 0.717) is 16.4 Å². The highest BCUT2D eigenvalue weighted by atomic mass is 32.1. The molecule has 0 aliphatic heterocycles. The van der Waals surface area contributed by atoms with Gasteiger partial charge in [0.15, 0.2) is 4.80 Å². The van der Waals surface area contributed by atoms with E-state index in [-0.39, 0.29) is 17.5 Å². The van der Waals surface area contributed by atoms with Gasteiger partial charge < -0.3 is 4.57 Å². The average molecular weight is 428 g/mol. The van der Waals surface area contributed by atoms with Crippen LogP contribution in [0.25, 0.3) is 11.3 Å². The molecule has 3 rings (SSSR count). The number of nitro groups is 1. The fourth-order valence-electron chi connectivity index (χ4n) is 3.39. The molecule has 0 amide bonds. The number of non-ortho nitro benzene ring substituents is 1. The Labute approximate surface area is 179 Å². The molecule has 1 atom stereocenters. The minimum absolute atomic E-state index is 0.0572. The third kappa shape index (κ3) is 5.21. The lowest BCUT2D eigenvalue weighted by Crippen LogP contribution is -2.20. The largest absolute Gasteiger partial charge is 0.314 e. The van der Waals surface area contributed by atoms with Crippen molar-refractivity contribution in [3.8, 4) is 11.3 Å². The summed E-state index contributed by atoms with van der Waals surface area (Å²) in [6, 6.07) is 13.2. The van der Waals surface area contributed by atoms with Crippen molar-refractivity contribution < 1.29 is 9.31 Å². The highest BCUT2D eigenvalue weighted by molar-refractivity contribution is 7.07. The van der Waals surface area contributed by atoms with Crippen molar-refractivity contribution in [3.63, 3.8) is 0 Å². The summed E-state index contributed by atoms with van der Waals surface area (Å²) >= 11 is 1.45. The van der Waals surface area contributed by atoms with Gasteiger partial charge in [-0.05, 0) is 49.1 Å². The molecule has 0 aliphatic rings. The van der Waals surface area contributed by atoms with Gasteiger partial charge in [0.25, 0.3) is 5.69 Å². The number of benzene rings is 2. The second-order valence-corrected chi connectivity index (χ2v) is 8.65. The SMILES string of the molecule is CC(C)CCCC(C)n1c(-c2ccc([N+](=O)[O-])cc2)csc1=Nc1ccccc1F. The Morgan fingerprint density at radius 2 is 1.80 bits per heavy atom. The van der Waals surface area contributed by atoms with E-state index in [2.05, 4.69) is 30.3 Å². The summed E-state index contributed by atoms with van der Waals surface area (Å²) in [6.07, 6.45) is 3.20. The zero-order valence-electron chi connectivity index (χ0n) is 17.4. The van der Waals surface area contributed by atoms with E-state index in [0.717, 1.165) is 30.5 Å². The summed E-state index contributed by atoms with van der Waals surface area (Å²) in [5.41, 5.74) is 2.17. The van der Waals surface area contributed by atoms with Crippen LogP contribution in [-0.4, -0.2) is 9.49 Å². The van der Waals surface area contributed by atoms with Crippen molar-refractivity contribution in [2.24, 2.45) is 10.9 Å². The molecule has 0 bridgehead atoms. The van der Waals surface area contributed by atoms with E-state index < -0.39 is 4.92 Å². The first-order chi connectivity index (χ1) is 14.4. The Balaban J connectivity index is 2.05. The number of hydrogen-bond donors (Lipinski definition) is 0. The smallest absolute Gasteiger partial charge is 0.269 e. The van der Waals surface area contributed by atoms with Crippen LogP contribution in [0.1, 0.15) is 46.1 Å². The normalized spacial score (nSPS) is 13.0. The van der Waals surface area contributed by atoms with Crippen LogP contribution in [0.5, 0.6) is 0 Å². The van der Waals surface area contributed by atoms with Crippen LogP contribution in [-0.2, 0) is 0 Å². The van der Waals surface area contributed by atoms with Crippen molar-refractivity contribution in [2.45, 2.75) is 46.1 Å². The molecule has 0 radical (unpaired) electrons. The maximum Gasteiger partial charge on any atom is 0.269 e. The monoisotopic (exact) mass is 427 g/mol. The number of hydrogen-bond acceptors (Lipinski definition) is 4. The number of para-hydroxylation sites is 1. The van der Waals surface area contributed by atoms with Crippen molar-refractivity contribution >= 4 is 22.7 Å². The minimum Gasteiger partial charge on any atom is -0.314 e. The molecule has 0 N–H and O–H groups in total.